The lowest BCUT2D eigenvalue weighted by atomic mass is 10.0. The number of nitrogens with one attached hydrogen (secondary N) is 1. The maximum Gasteiger partial charge on any atom is 0.222 e. The molecule has 214 valence electrons. The second-order valence-electron chi connectivity index (χ2n) is 9.33. The van der Waals surface area contributed by atoms with Crippen LogP contribution < -0.4 is 9.62 Å². The average molecular weight is 601 g/mol. The summed E-state index contributed by atoms with van der Waals surface area (Å²) in [6.07, 6.45) is 3.19. The van der Waals surface area contributed by atoms with Crippen molar-refractivity contribution < 1.29 is 27.4 Å². The third kappa shape index (κ3) is 6.72. The summed E-state index contributed by atoms with van der Waals surface area (Å²) in [5.41, 5.74) is 1.53. The number of hydrogen-bond donors (Lipinski definition) is 1. The van der Waals surface area contributed by atoms with Gasteiger partial charge < -0.3 is 14.8 Å². The Morgan fingerprint density at radius 1 is 1.17 bits per heavy atom. The number of rotatable bonds is 9. The van der Waals surface area contributed by atoms with E-state index >= 15 is 4.39 Å². The van der Waals surface area contributed by atoms with E-state index in [0.717, 1.165) is 58.4 Å². The Hall–Kier alpha value is -3.45. The smallest absolute Gasteiger partial charge is 0.222 e. The average Bonchev–Trinajstić information content (AvgIpc) is 3.41. The number of amides is 1. The molecule has 1 amide bonds. The third-order valence-electron chi connectivity index (χ3n) is 6.39. The molecule has 12 heteroatoms. The highest BCUT2D eigenvalue weighted by Gasteiger charge is 2.26. The van der Waals surface area contributed by atoms with Crippen LogP contribution >= 0.6 is 23.3 Å². The van der Waals surface area contributed by atoms with E-state index in [9.17, 15) is 13.6 Å². The van der Waals surface area contributed by atoms with Gasteiger partial charge in [-0.3, -0.25) is 9.10 Å². The number of methoxy groups -OCH3 is 1. The summed E-state index contributed by atoms with van der Waals surface area (Å²) in [5, 5.41) is 3.56. The van der Waals surface area contributed by atoms with Crippen LogP contribution in [0.3, 0.4) is 0 Å². The third-order valence-corrected chi connectivity index (χ3v) is 8.69. The lowest BCUT2D eigenvalue weighted by molar-refractivity contribution is -0.114. The van der Waals surface area contributed by atoms with Gasteiger partial charge in [0.1, 0.15) is 24.2 Å². The van der Waals surface area contributed by atoms with Crippen LogP contribution in [0, 0.1) is 17.5 Å². The number of halogens is 3. The van der Waals surface area contributed by atoms with E-state index in [0.29, 0.717) is 24.7 Å². The van der Waals surface area contributed by atoms with E-state index in [4.69, 9.17) is 14.5 Å². The van der Waals surface area contributed by atoms with Gasteiger partial charge in [-0.2, -0.15) is 0 Å². The van der Waals surface area contributed by atoms with Crippen LogP contribution in [0.25, 0.3) is 21.7 Å². The second-order valence-corrected chi connectivity index (χ2v) is 11.4. The Labute approximate surface area is 243 Å². The van der Waals surface area contributed by atoms with E-state index < -0.39 is 17.5 Å². The lowest BCUT2D eigenvalue weighted by Gasteiger charge is -2.24. The fourth-order valence-electron chi connectivity index (χ4n) is 4.48. The first-order valence-electron chi connectivity index (χ1n) is 12.8. The first-order valence-corrected chi connectivity index (χ1v) is 14.4. The van der Waals surface area contributed by atoms with E-state index in [1.165, 1.54) is 29.7 Å². The first-order chi connectivity index (χ1) is 19.8. The summed E-state index contributed by atoms with van der Waals surface area (Å²) in [4.78, 5) is 21.5. The fourth-order valence-corrected chi connectivity index (χ4v) is 6.68. The highest BCUT2D eigenvalue weighted by molar-refractivity contribution is 8.00. The van der Waals surface area contributed by atoms with Crippen LogP contribution in [0.5, 0.6) is 0 Å². The van der Waals surface area contributed by atoms with Crippen LogP contribution in [0.4, 0.5) is 24.7 Å². The van der Waals surface area contributed by atoms with Gasteiger partial charge in [0.15, 0.2) is 5.82 Å². The number of benzene rings is 2. The first kappa shape index (κ1) is 29.1. The Kier molecular flexibility index (Phi) is 9.23. The SMILES string of the molecule is COCN(Sc1cc(F)ccc1F)c1cccc(-c2nc(C3CCOCC3)sc2-c2ccnc(NC(C)=O)c2)c1F. The van der Waals surface area contributed by atoms with E-state index in [1.54, 1.807) is 36.5 Å². The molecule has 41 heavy (non-hydrogen) atoms. The van der Waals surface area contributed by atoms with Crippen molar-refractivity contribution in [1.82, 2.24) is 9.97 Å². The van der Waals surface area contributed by atoms with Gasteiger partial charge in [-0.05, 0) is 72.8 Å². The molecule has 1 aliphatic rings. The number of aromatic nitrogens is 2. The highest BCUT2D eigenvalue weighted by atomic mass is 32.2. The maximum absolute atomic E-state index is 16.4. The fraction of sp³-hybridized carbons (Fsp3) is 0.276. The summed E-state index contributed by atoms with van der Waals surface area (Å²) in [6, 6.07) is 11.5. The van der Waals surface area contributed by atoms with Crippen LogP contribution in [0.15, 0.2) is 59.6 Å². The summed E-state index contributed by atoms with van der Waals surface area (Å²) in [7, 11) is 1.44. The standard InChI is InChI=1S/C29H27F3N4O3S2/c1-17(37)34-25-14-19(8-11-33-25)28-27(35-29(40-28)18-9-12-39-13-10-18)21-4-3-5-23(26(21)32)36(16-38-2)41-24-15-20(30)6-7-22(24)31/h3-8,11,14-15,18H,9-10,12-13,16H2,1-2H3,(H,33,34,37). The van der Waals surface area contributed by atoms with Gasteiger partial charge in [0.2, 0.25) is 5.91 Å². The molecular formula is C29H27F3N4O3S2. The zero-order valence-electron chi connectivity index (χ0n) is 22.3. The van der Waals surface area contributed by atoms with E-state index in [1.807, 2.05) is 0 Å². The molecule has 1 N–H and O–H groups in total. The number of anilines is 2. The van der Waals surface area contributed by atoms with Gasteiger partial charge in [0.25, 0.3) is 0 Å². The molecule has 7 nitrogen and oxygen atoms in total. The van der Waals surface area contributed by atoms with Crippen molar-refractivity contribution in [1.29, 1.82) is 0 Å². The van der Waals surface area contributed by atoms with E-state index in [2.05, 4.69) is 10.3 Å². The molecule has 1 aliphatic heterocycles. The number of carbonyl (C=O) groups excluding carboxylic acids is 1. The normalized spacial score (nSPS) is 13.8. The number of pyridine rings is 1. The molecule has 3 heterocycles. The summed E-state index contributed by atoms with van der Waals surface area (Å²) >= 11 is 2.31. The van der Waals surface area contributed by atoms with Crippen LogP contribution in [0.2, 0.25) is 0 Å². The minimum atomic E-state index is -0.635. The molecule has 0 radical (unpaired) electrons. The monoisotopic (exact) mass is 600 g/mol. The molecule has 5 rings (SSSR count). The molecule has 0 saturated carbocycles. The molecule has 2 aromatic heterocycles. The Morgan fingerprint density at radius 2 is 1.98 bits per heavy atom. The highest BCUT2D eigenvalue weighted by Crippen LogP contribution is 2.44. The minimum Gasteiger partial charge on any atom is -0.381 e. The van der Waals surface area contributed by atoms with Gasteiger partial charge in [0, 0.05) is 44.9 Å². The zero-order chi connectivity index (χ0) is 28.9. The van der Waals surface area contributed by atoms with E-state index in [-0.39, 0.29) is 34.7 Å². The van der Waals surface area contributed by atoms with Gasteiger partial charge in [-0.15, -0.1) is 11.3 Å². The van der Waals surface area contributed by atoms with Crippen LogP contribution in [0.1, 0.15) is 30.7 Å². The number of thiazole rings is 1. The molecule has 1 fully saturated rings. The van der Waals surface area contributed by atoms with Gasteiger partial charge in [-0.1, -0.05) is 6.07 Å². The molecule has 1 saturated heterocycles. The van der Waals surface area contributed by atoms with Crippen molar-refractivity contribution >= 4 is 40.7 Å². The molecule has 0 unspecified atom stereocenters. The van der Waals surface area contributed by atoms with Crippen molar-refractivity contribution in [3.63, 3.8) is 0 Å². The zero-order valence-corrected chi connectivity index (χ0v) is 24.0. The number of nitrogens with zero attached hydrogens (tertiary/aromatic N) is 3. The Morgan fingerprint density at radius 3 is 2.73 bits per heavy atom. The lowest BCUT2D eigenvalue weighted by Crippen LogP contribution is -2.19. The van der Waals surface area contributed by atoms with Gasteiger partial charge in [0.05, 0.1) is 26.2 Å². The molecule has 4 aromatic rings. The largest absolute Gasteiger partial charge is 0.381 e. The minimum absolute atomic E-state index is 0.00899. The molecule has 0 aliphatic carbocycles. The Bertz CT molecular complexity index is 1550. The molecule has 0 spiro atoms. The Balaban J connectivity index is 1.60. The topological polar surface area (TPSA) is 76.6 Å². The van der Waals surface area contributed by atoms with Gasteiger partial charge in [-0.25, -0.2) is 23.1 Å². The van der Waals surface area contributed by atoms with Crippen molar-refractivity contribution in [2.45, 2.75) is 30.6 Å². The molecule has 0 bridgehead atoms. The van der Waals surface area contributed by atoms with Crippen molar-refractivity contribution in [3.05, 3.63) is 77.2 Å². The number of hydrogen-bond acceptors (Lipinski definition) is 8. The van der Waals surface area contributed by atoms with Crippen molar-refractivity contribution in [2.75, 3.05) is 36.7 Å². The summed E-state index contributed by atoms with van der Waals surface area (Å²) < 4.78 is 57.0. The van der Waals surface area contributed by atoms with Crippen molar-refractivity contribution in [2.24, 2.45) is 0 Å². The number of ether oxygens (including phenoxy) is 2. The molecular weight excluding hydrogens is 573 g/mol. The predicted molar refractivity (Wildman–Crippen MR) is 154 cm³/mol. The molecule has 2 aromatic carbocycles. The quantitative estimate of drug-likeness (QED) is 0.160. The van der Waals surface area contributed by atoms with Crippen molar-refractivity contribution in [3.8, 4) is 21.7 Å². The predicted octanol–water partition coefficient (Wildman–Crippen LogP) is 7.26. The maximum atomic E-state index is 16.4. The summed E-state index contributed by atoms with van der Waals surface area (Å²) in [6.45, 7) is 2.56. The number of carbonyl (C=O) groups is 1. The second kappa shape index (κ2) is 13.0. The van der Waals surface area contributed by atoms with Crippen LogP contribution in [-0.4, -0.2) is 42.9 Å². The van der Waals surface area contributed by atoms with Gasteiger partial charge >= 0.3 is 0 Å². The van der Waals surface area contributed by atoms with Crippen LogP contribution in [-0.2, 0) is 14.3 Å². The molecule has 0 atom stereocenters. The summed E-state index contributed by atoms with van der Waals surface area (Å²) in [5.74, 6) is -1.55.